The molecule has 0 spiro atoms. The summed E-state index contributed by atoms with van der Waals surface area (Å²) in [6, 6.07) is 0. The molecular formula is C6H9BrN2. The first-order chi connectivity index (χ1) is 4.18. The molecule has 0 unspecified atom stereocenters. The Morgan fingerprint density at radius 3 is 2.78 bits per heavy atom. The van der Waals surface area contributed by atoms with E-state index in [4.69, 9.17) is 0 Å². The molecule has 1 aliphatic heterocycles. The summed E-state index contributed by atoms with van der Waals surface area (Å²) in [5, 5.41) is 1.90. The van der Waals surface area contributed by atoms with Gasteiger partial charge in [0.25, 0.3) is 0 Å². The van der Waals surface area contributed by atoms with Crippen LogP contribution in [0.3, 0.4) is 0 Å². The van der Waals surface area contributed by atoms with Crippen LogP contribution in [0.15, 0.2) is 22.5 Å². The Balaban J connectivity index is 2.74. The average molecular weight is 189 g/mol. The number of nitrogens with one attached hydrogen (secondary N) is 1. The minimum Gasteiger partial charge on any atom is -0.304 e. The number of hydrogen-bond acceptors (Lipinski definition) is 2. The zero-order valence-corrected chi connectivity index (χ0v) is 7.07. The summed E-state index contributed by atoms with van der Waals surface area (Å²) in [7, 11) is 1.96. The van der Waals surface area contributed by atoms with E-state index in [1.165, 1.54) is 0 Å². The molecule has 50 valence electrons. The Hall–Kier alpha value is -0.440. The lowest BCUT2D eigenvalue weighted by molar-refractivity contribution is 0.364. The molecule has 0 fully saturated rings. The molecule has 0 aromatic rings. The highest BCUT2D eigenvalue weighted by molar-refractivity contribution is 9.11. The highest BCUT2D eigenvalue weighted by atomic mass is 79.9. The summed E-state index contributed by atoms with van der Waals surface area (Å²) in [6.07, 6.45) is 3.99. The normalized spacial score (nSPS) is 18.3. The van der Waals surface area contributed by atoms with E-state index in [2.05, 4.69) is 21.4 Å². The maximum absolute atomic E-state index is 3.37. The van der Waals surface area contributed by atoms with Gasteiger partial charge in [0.2, 0.25) is 0 Å². The van der Waals surface area contributed by atoms with Crippen molar-refractivity contribution >= 4 is 15.9 Å². The van der Waals surface area contributed by atoms with E-state index in [9.17, 15) is 0 Å². The van der Waals surface area contributed by atoms with Gasteiger partial charge < -0.3 is 5.43 Å². The van der Waals surface area contributed by atoms with E-state index in [-0.39, 0.29) is 0 Å². The Morgan fingerprint density at radius 2 is 2.33 bits per heavy atom. The zero-order valence-electron chi connectivity index (χ0n) is 5.48. The second kappa shape index (κ2) is 2.43. The molecule has 0 amide bonds. The molecule has 0 bridgehead atoms. The van der Waals surface area contributed by atoms with Crippen LogP contribution in [0, 0.1) is 0 Å². The van der Waals surface area contributed by atoms with E-state index in [0.29, 0.717) is 0 Å². The second-order valence-electron chi connectivity index (χ2n) is 2.06. The fraction of sp³-hybridized carbons (Fsp3) is 0.333. The van der Waals surface area contributed by atoms with Gasteiger partial charge in [-0.1, -0.05) is 0 Å². The van der Waals surface area contributed by atoms with Gasteiger partial charge in [0, 0.05) is 23.4 Å². The van der Waals surface area contributed by atoms with E-state index < -0.39 is 0 Å². The highest BCUT2D eigenvalue weighted by Crippen LogP contribution is 2.12. The number of rotatable bonds is 0. The lowest BCUT2D eigenvalue weighted by Crippen LogP contribution is -2.30. The predicted octanol–water partition coefficient (Wildman–Crippen LogP) is 1.58. The minimum atomic E-state index is 1.10. The van der Waals surface area contributed by atoms with Crippen LogP contribution in [0.2, 0.25) is 0 Å². The predicted molar refractivity (Wildman–Crippen MR) is 41.7 cm³/mol. The largest absolute Gasteiger partial charge is 0.304 e. The van der Waals surface area contributed by atoms with Crippen LogP contribution in [0.1, 0.15) is 6.92 Å². The third-order valence-electron chi connectivity index (χ3n) is 1.02. The summed E-state index contributed by atoms with van der Waals surface area (Å²) in [6.45, 7) is 2.02. The van der Waals surface area contributed by atoms with Crippen LogP contribution in [0.25, 0.3) is 0 Å². The van der Waals surface area contributed by atoms with Gasteiger partial charge in [-0.2, -0.15) is 0 Å². The summed E-state index contributed by atoms with van der Waals surface area (Å²) in [5.74, 6) is 0. The van der Waals surface area contributed by atoms with Gasteiger partial charge in [-0.25, -0.2) is 0 Å². The van der Waals surface area contributed by atoms with Crippen LogP contribution >= 0.6 is 15.9 Å². The summed E-state index contributed by atoms with van der Waals surface area (Å²) in [4.78, 5) is 0. The third-order valence-corrected chi connectivity index (χ3v) is 1.46. The standard InChI is InChI=1S/C6H9BrN2/c1-5-3-6(7)4-9(2)8-5/h3-4,8H,1-2H3. The highest BCUT2D eigenvalue weighted by Gasteiger charge is 1.99. The summed E-state index contributed by atoms with van der Waals surface area (Å²) in [5.41, 5.74) is 4.24. The fourth-order valence-corrected chi connectivity index (χ4v) is 1.42. The van der Waals surface area contributed by atoms with Gasteiger partial charge in [-0.3, -0.25) is 5.01 Å². The molecule has 0 saturated heterocycles. The van der Waals surface area contributed by atoms with E-state index in [0.717, 1.165) is 10.2 Å². The number of hydrogen-bond donors (Lipinski definition) is 1. The Kier molecular flexibility index (Phi) is 1.81. The maximum atomic E-state index is 3.37. The molecule has 1 N–H and O–H groups in total. The van der Waals surface area contributed by atoms with Gasteiger partial charge in [-0.05, 0) is 28.9 Å². The monoisotopic (exact) mass is 188 g/mol. The molecule has 0 aromatic heterocycles. The van der Waals surface area contributed by atoms with Crippen LogP contribution in [-0.4, -0.2) is 12.1 Å². The van der Waals surface area contributed by atoms with Crippen molar-refractivity contribution in [2.45, 2.75) is 6.92 Å². The van der Waals surface area contributed by atoms with Crippen molar-refractivity contribution < 1.29 is 0 Å². The van der Waals surface area contributed by atoms with Crippen LogP contribution in [0.5, 0.6) is 0 Å². The van der Waals surface area contributed by atoms with Gasteiger partial charge in [-0.15, -0.1) is 0 Å². The molecule has 2 nitrogen and oxygen atoms in total. The molecule has 3 heteroatoms. The molecule has 1 aliphatic rings. The van der Waals surface area contributed by atoms with Crippen molar-refractivity contribution in [3.8, 4) is 0 Å². The van der Waals surface area contributed by atoms with Crippen molar-refractivity contribution in [2.24, 2.45) is 0 Å². The third kappa shape index (κ3) is 1.75. The van der Waals surface area contributed by atoms with Gasteiger partial charge in [0.1, 0.15) is 0 Å². The number of hydrazine groups is 1. The zero-order chi connectivity index (χ0) is 6.85. The number of halogens is 1. The lowest BCUT2D eigenvalue weighted by Gasteiger charge is -2.21. The van der Waals surface area contributed by atoms with E-state index >= 15 is 0 Å². The number of nitrogens with zero attached hydrogens (tertiary/aromatic N) is 1. The van der Waals surface area contributed by atoms with E-state index in [1.54, 1.807) is 0 Å². The van der Waals surface area contributed by atoms with E-state index in [1.807, 2.05) is 31.3 Å². The minimum absolute atomic E-state index is 1.10. The first kappa shape index (κ1) is 6.68. The molecule has 1 rings (SSSR count). The van der Waals surface area contributed by atoms with Crippen LogP contribution in [0.4, 0.5) is 0 Å². The van der Waals surface area contributed by atoms with Crippen molar-refractivity contribution in [1.82, 2.24) is 10.4 Å². The first-order valence-electron chi connectivity index (χ1n) is 2.73. The molecule has 9 heavy (non-hydrogen) atoms. The fourth-order valence-electron chi connectivity index (χ4n) is 0.772. The quantitative estimate of drug-likeness (QED) is 0.622. The van der Waals surface area contributed by atoms with Crippen molar-refractivity contribution in [2.75, 3.05) is 7.05 Å². The van der Waals surface area contributed by atoms with Crippen molar-refractivity contribution in [3.05, 3.63) is 22.5 Å². The molecule has 0 aromatic carbocycles. The SMILES string of the molecule is CC1=CC(Br)=CN(C)N1. The number of allylic oxidation sites excluding steroid dienone is 3. The molecule has 0 atom stereocenters. The molecule has 1 heterocycles. The van der Waals surface area contributed by atoms with Crippen LogP contribution < -0.4 is 5.43 Å². The van der Waals surface area contributed by atoms with Gasteiger partial charge in [0.05, 0.1) is 0 Å². The van der Waals surface area contributed by atoms with Crippen molar-refractivity contribution in [1.29, 1.82) is 0 Å². The Bertz CT molecular complexity index is 172. The van der Waals surface area contributed by atoms with Gasteiger partial charge in [0.15, 0.2) is 0 Å². The Morgan fingerprint density at radius 1 is 1.67 bits per heavy atom. The molecular weight excluding hydrogens is 180 g/mol. The topological polar surface area (TPSA) is 15.3 Å². The lowest BCUT2D eigenvalue weighted by atomic mass is 10.4. The summed E-state index contributed by atoms with van der Waals surface area (Å²) >= 11 is 3.37. The van der Waals surface area contributed by atoms with Crippen LogP contribution in [-0.2, 0) is 0 Å². The smallest absolute Gasteiger partial charge is 0.0371 e. The molecule has 0 aliphatic carbocycles. The van der Waals surface area contributed by atoms with Crippen molar-refractivity contribution in [3.63, 3.8) is 0 Å². The van der Waals surface area contributed by atoms with Gasteiger partial charge >= 0.3 is 0 Å². The molecule has 0 saturated carbocycles. The maximum Gasteiger partial charge on any atom is 0.0371 e. The summed E-state index contributed by atoms with van der Waals surface area (Å²) < 4.78 is 1.10. The average Bonchev–Trinajstić information content (AvgIpc) is 1.59. The second-order valence-corrected chi connectivity index (χ2v) is 2.98. The molecule has 0 radical (unpaired) electrons. The Labute approximate surface area is 63.3 Å². The first-order valence-corrected chi connectivity index (χ1v) is 3.53.